The molecule has 1 heterocycles. The molecule has 0 atom stereocenters. The lowest BCUT2D eigenvalue weighted by atomic mass is 9.98. The van der Waals surface area contributed by atoms with E-state index in [-0.39, 0.29) is 16.1 Å². The highest BCUT2D eigenvalue weighted by molar-refractivity contribution is 7.89. The molecule has 0 bridgehead atoms. The molecule has 174 valence electrons. The number of para-hydroxylation sites is 1. The molecule has 1 saturated heterocycles. The van der Waals surface area contributed by atoms with Crippen LogP contribution in [0.15, 0.2) is 47.4 Å². The van der Waals surface area contributed by atoms with Crippen molar-refractivity contribution in [1.82, 2.24) is 4.31 Å². The average Bonchev–Trinajstić information content (AvgIpc) is 2.79. The van der Waals surface area contributed by atoms with Crippen LogP contribution in [0.1, 0.15) is 44.0 Å². The van der Waals surface area contributed by atoms with Gasteiger partial charge in [0.15, 0.2) is 0 Å². The molecule has 0 saturated carbocycles. The van der Waals surface area contributed by atoms with Crippen LogP contribution in [0.2, 0.25) is 0 Å². The summed E-state index contributed by atoms with van der Waals surface area (Å²) in [6.07, 6.45) is 1.99. The Morgan fingerprint density at radius 2 is 1.72 bits per heavy atom. The van der Waals surface area contributed by atoms with Crippen LogP contribution >= 0.6 is 0 Å². The van der Waals surface area contributed by atoms with Gasteiger partial charge in [-0.3, -0.25) is 4.79 Å². The molecule has 1 aliphatic heterocycles. The maximum absolute atomic E-state index is 14.4. The van der Waals surface area contributed by atoms with Crippen molar-refractivity contribution < 1.29 is 17.6 Å². The van der Waals surface area contributed by atoms with Crippen LogP contribution in [0, 0.1) is 11.7 Å². The van der Waals surface area contributed by atoms with Gasteiger partial charge in [-0.25, -0.2) is 12.8 Å². The van der Waals surface area contributed by atoms with Crippen molar-refractivity contribution >= 4 is 27.3 Å². The van der Waals surface area contributed by atoms with Crippen LogP contribution in [0.4, 0.5) is 15.8 Å². The van der Waals surface area contributed by atoms with Gasteiger partial charge < -0.3 is 9.80 Å². The van der Waals surface area contributed by atoms with Gasteiger partial charge in [0.05, 0.1) is 16.1 Å². The number of nitrogens with zero attached hydrogens (tertiary/aromatic N) is 3. The molecule has 2 aromatic rings. The maximum Gasteiger partial charge on any atom is 0.260 e. The Morgan fingerprint density at radius 1 is 1.09 bits per heavy atom. The minimum absolute atomic E-state index is 0.0700. The lowest BCUT2D eigenvalue weighted by Gasteiger charge is -2.34. The molecule has 2 aromatic carbocycles. The smallest absolute Gasteiger partial charge is 0.260 e. The first-order valence-corrected chi connectivity index (χ1v) is 12.6. The average molecular weight is 462 g/mol. The van der Waals surface area contributed by atoms with Gasteiger partial charge in [-0.2, -0.15) is 4.31 Å². The number of carbonyl (C=O) groups excluding carboxylic acids is 1. The monoisotopic (exact) mass is 461 g/mol. The van der Waals surface area contributed by atoms with Crippen LogP contribution in [-0.2, 0) is 10.0 Å². The topological polar surface area (TPSA) is 60.9 Å². The van der Waals surface area contributed by atoms with Crippen molar-refractivity contribution in [3.8, 4) is 0 Å². The predicted molar refractivity (Wildman–Crippen MR) is 126 cm³/mol. The molecular formula is C24H32FN3O3S. The van der Waals surface area contributed by atoms with Crippen molar-refractivity contribution in [2.24, 2.45) is 5.92 Å². The van der Waals surface area contributed by atoms with E-state index in [1.807, 2.05) is 0 Å². The minimum Gasteiger partial charge on any atom is -0.371 e. The highest BCUT2D eigenvalue weighted by atomic mass is 32.2. The predicted octanol–water partition coefficient (Wildman–Crippen LogP) is 4.37. The van der Waals surface area contributed by atoms with Gasteiger partial charge in [0.25, 0.3) is 5.91 Å². The number of halogens is 1. The lowest BCUT2D eigenvalue weighted by Crippen LogP contribution is -2.36. The molecule has 0 aromatic heterocycles. The fourth-order valence-corrected chi connectivity index (χ4v) is 5.58. The molecular weight excluding hydrogens is 429 g/mol. The van der Waals surface area contributed by atoms with Gasteiger partial charge in [0.1, 0.15) is 5.82 Å². The Kier molecular flexibility index (Phi) is 7.56. The normalized spacial score (nSPS) is 15.2. The van der Waals surface area contributed by atoms with Crippen molar-refractivity contribution in [2.45, 2.75) is 38.5 Å². The molecule has 1 amide bonds. The van der Waals surface area contributed by atoms with E-state index in [1.54, 1.807) is 38.1 Å². The second kappa shape index (κ2) is 10.0. The summed E-state index contributed by atoms with van der Waals surface area (Å²) in [5.74, 6) is -0.349. The highest BCUT2D eigenvalue weighted by Gasteiger charge is 2.28. The molecule has 32 heavy (non-hydrogen) atoms. The molecule has 3 rings (SSSR count). The largest absolute Gasteiger partial charge is 0.371 e. The van der Waals surface area contributed by atoms with Gasteiger partial charge in [-0.15, -0.1) is 0 Å². The van der Waals surface area contributed by atoms with Crippen LogP contribution in [-0.4, -0.2) is 51.9 Å². The molecule has 0 radical (unpaired) electrons. The van der Waals surface area contributed by atoms with Gasteiger partial charge in [0, 0.05) is 38.9 Å². The zero-order valence-electron chi connectivity index (χ0n) is 19.2. The minimum atomic E-state index is -3.74. The number of sulfonamides is 1. The zero-order chi connectivity index (χ0) is 23.5. The number of hydrogen-bond acceptors (Lipinski definition) is 4. The number of rotatable bonds is 7. The summed E-state index contributed by atoms with van der Waals surface area (Å²) >= 11 is 0. The van der Waals surface area contributed by atoms with Gasteiger partial charge >= 0.3 is 0 Å². The van der Waals surface area contributed by atoms with E-state index in [2.05, 4.69) is 11.8 Å². The molecule has 8 heteroatoms. The number of piperidine rings is 1. The first-order valence-electron chi connectivity index (χ1n) is 11.1. The maximum atomic E-state index is 14.4. The van der Waals surface area contributed by atoms with E-state index in [1.165, 1.54) is 34.5 Å². The van der Waals surface area contributed by atoms with Crippen molar-refractivity contribution in [3.63, 3.8) is 0 Å². The lowest BCUT2D eigenvalue weighted by molar-refractivity contribution is 0.0992. The SMILES string of the molecule is CCN(CC)S(=O)(=O)c1ccc(N2CCC(C)CC2)c(C(=O)N(C)c2ccccc2F)c1. The van der Waals surface area contributed by atoms with Gasteiger partial charge in [-0.1, -0.05) is 32.9 Å². The summed E-state index contributed by atoms with van der Waals surface area (Å²) in [4.78, 5) is 17.0. The number of anilines is 2. The van der Waals surface area contributed by atoms with Crippen molar-refractivity contribution in [1.29, 1.82) is 0 Å². The Morgan fingerprint density at radius 3 is 2.31 bits per heavy atom. The summed E-state index contributed by atoms with van der Waals surface area (Å²) < 4.78 is 42.0. The first kappa shape index (κ1) is 24.2. The molecule has 0 unspecified atom stereocenters. The third kappa shape index (κ3) is 4.81. The van der Waals surface area contributed by atoms with Gasteiger partial charge in [-0.05, 0) is 49.1 Å². The van der Waals surface area contributed by atoms with E-state index in [0.29, 0.717) is 24.7 Å². The van der Waals surface area contributed by atoms with Crippen molar-refractivity contribution in [3.05, 3.63) is 53.8 Å². The van der Waals surface area contributed by atoms with Crippen LogP contribution in [0.25, 0.3) is 0 Å². The van der Waals surface area contributed by atoms with E-state index in [4.69, 9.17) is 0 Å². The van der Waals surface area contributed by atoms with Crippen molar-refractivity contribution in [2.75, 3.05) is 43.0 Å². The number of carbonyl (C=O) groups is 1. The quantitative estimate of drug-likeness (QED) is 0.614. The molecule has 0 spiro atoms. The Hall–Kier alpha value is -2.45. The van der Waals surface area contributed by atoms with E-state index >= 15 is 0 Å². The molecule has 1 fully saturated rings. The number of benzene rings is 2. The highest BCUT2D eigenvalue weighted by Crippen LogP contribution is 2.31. The summed E-state index contributed by atoms with van der Waals surface area (Å²) in [7, 11) is -2.23. The molecule has 6 nitrogen and oxygen atoms in total. The molecule has 0 aliphatic carbocycles. The third-order valence-electron chi connectivity index (χ3n) is 6.18. The zero-order valence-corrected chi connectivity index (χ0v) is 20.0. The summed E-state index contributed by atoms with van der Waals surface area (Å²) in [6, 6.07) is 10.8. The van der Waals surface area contributed by atoms with E-state index in [9.17, 15) is 17.6 Å². The summed E-state index contributed by atoms with van der Waals surface area (Å²) in [5, 5.41) is 0. The number of hydrogen-bond donors (Lipinski definition) is 0. The molecule has 0 N–H and O–H groups in total. The fraction of sp³-hybridized carbons (Fsp3) is 0.458. The van der Waals surface area contributed by atoms with E-state index < -0.39 is 21.7 Å². The van der Waals surface area contributed by atoms with E-state index in [0.717, 1.165) is 25.9 Å². The standard InChI is InChI=1S/C24H32FN3O3S/c1-5-28(6-2)32(30,31)19-11-12-22(27-15-13-18(3)14-16-27)20(17-19)24(29)26(4)23-10-8-7-9-21(23)25/h7-12,17-18H,5-6,13-16H2,1-4H3. The Labute approximate surface area is 190 Å². The second-order valence-electron chi connectivity index (χ2n) is 8.25. The molecule has 1 aliphatic rings. The summed E-state index contributed by atoms with van der Waals surface area (Å²) in [6.45, 7) is 8.01. The van der Waals surface area contributed by atoms with Gasteiger partial charge in [0.2, 0.25) is 10.0 Å². The van der Waals surface area contributed by atoms with Crippen LogP contribution in [0.3, 0.4) is 0 Å². The second-order valence-corrected chi connectivity index (χ2v) is 10.2. The van der Waals surface area contributed by atoms with Crippen LogP contribution in [0.5, 0.6) is 0 Å². The Balaban J connectivity index is 2.09. The Bertz CT molecular complexity index is 1060. The number of amides is 1. The first-order chi connectivity index (χ1) is 15.2. The summed E-state index contributed by atoms with van der Waals surface area (Å²) in [5.41, 5.74) is 1.09. The van der Waals surface area contributed by atoms with Crippen LogP contribution < -0.4 is 9.80 Å². The fourth-order valence-electron chi connectivity index (χ4n) is 4.10. The third-order valence-corrected chi connectivity index (χ3v) is 8.23.